The van der Waals surface area contributed by atoms with E-state index in [1.54, 1.807) is 12.3 Å². The van der Waals surface area contributed by atoms with Gasteiger partial charge in [0.25, 0.3) is 0 Å². The van der Waals surface area contributed by atoms with Crippen LogP contribution in [0.15, 0.2) is 47.2 Å². The fraction of sp³-hybridized carbons (Fsp3) is 0.133. The number of fused-ring (bicyclic) bond motifs is 1. The Kier molecular flexibility index (Phi) is 3.24. The van der Waals surface area contributed by atoms with Crippen LogP contribution in [0.2, 0.25) is 5.02 Å². The first-order valence-corrected chi connectivity index (χ1v) is 6.54. The summed E-state index contributed by atoms with van der Waals surface area (Å²) in [7, 11) is 0. The number of carboxylic acids is 1. The van der Waals surface area contributed by atoms with E-state index in [0.29, 0.717) is 17.9 Å². The van der Waals surface area contributed by atoms with E-state index in [2.05, 4.69) is 9.98 Å². The van der Waals surface area contributed by atoms with E-state index >= 15 is 0 Å². The number of aromatic nitrogens is 1. The lowest BCUT2D eigenvalue weighted by Crippen LogP contribution is -2.00. The Labute approximate surface area is 120 Å². The van der Waals surface area contributed by atoms with Crippen molar-refractivity contribution in [3.8, 4) is 0 Å². The van der Waals surface area contributed by atoms with E-state index in [9.17, 15) is 4.79 Å². The zero-order chi connectivity index (χ0) is 14.1. The van der Waals surface area contributed by atoms with Gasteiger partial charge in [-0.3, -0.25) is 4.98 Å². The normalized spacial score (nSPS) is 14.2. The Morgan fingerprint density at radius 2 is 2.20 bits per heavy atom. The maximum absolute atomic E-state index is 10.8. The number of rotatable bonds is 3. The first-order valence-electron chi connectivity index (χ1n) is 6.16. The van der Waals surface area contributed by atoms with Crippen molar-refractivity contribution in [1.82, 2.24) is 4.98 Å². The number of halogens is 1. The van der Waals surface area contributed by atoms with Crippen LogP contribution in [0.4, 0.5) is 0 Å². The van der Waals surface area contributed by atoms with Crippen molar-refractivity contribution < 1.29 is 9.90 Å². The summed E-state index contributed by atoms with van der Waals surface area (Å²) in [5.41, 5.74) is 2.94. The number of aliphatic carboxylic acids is 1. The highest BCUT2D eigenvalue weighted by molar-refractivity contribution is 6.31. The predicted octanol–water partition coefficient (Wildman–Crippen LogP) is 3.24. The van der Waals surface area contributed by atoms with Gasteiger partial charge in [-0.05, 0) is 29.8 Å². The van der Waals surface area contributed by atoms with Crippen LogP contribution in [0.25, 0.3) is 10.9 Å². The molecular formula is C15H11ClN2O2. The lowest BCUT2D eigenvalue weighted by molar-refractivity contribution is -0.132. The molecule has 3 rings (SSSR count). The lowest BCUT2D eigenvalue weighted by atomic mass is 10.0. The van der Waals surface area contributed by atoms with Crippen molar-refractivity contribution in [1.29, 1.82) is 0 Å². The van der Waals surface area contributed by atoms with Crippen LogP contribution in [0, 0.1) is 0 Å². The number of hydrogen-bond donors (Lipinski definition) is 1. The van der Waals surface area contributed by atoms with Crippen LogP contribution in [0.5, 0.6) is 0 Å². The van der Waals surface area contributed by atoms with Gasteiger partial charge >= 0.3 is 5.97 Å². The maximum Gasteiger partial charge on any atom is 0.354 e. The van der Waals surface area contributed by atoms with Crippen molar-refractivity contribution in [2.45, 2.75) is 12.8 Å². The van der Waals surface area contributed by atoms with Gasteiger partial charge in [-0.1, -0.05) is 17.7 Å². The van der Waals surface area contributed by atoms with E-state index in [1.807, 2.05) is 24.3 Å². The van der Waals surface area contributed by atoms with Crippen molar-refractivity contribution in [3.63, 3.8) is 0 Å². The molecule has 0 amide bonds. The van der Waals surface area contributed by atoms with Crippen LogP contribution >= 0.6 is 11.6 Å². The molecule has 4 nitrogen and oxygen atoms in total. The zero-order valence-corrected chi connectivity index (χ0v) is 11.3. The van der Waals surface area contributed by atoms with Gasteiger partial charge in [0.15, 0.2) is 0 Å². The number of nitrogens with zero attached hydrogens (tertiary/aromatic N) is 2. The molecule has 1 aliphatic rings. The summed E-state index contributed by atoms with van der Waals surface area (Å²) in [6.07, 6.45) is 4.48. The number of pyridine rings is 1. The number of carboxylic acid groups (broad SMARTS) is 1. The summed E-state index contributed by atoms with van der Waals surface area (Å²) in [6.45, 7) is 0. The molecule has 1 aliphatic heterocycles. The summed E-state index contributed by atoms with van der Waals surface area (Å²) in [4.78, 5) is 19.2. The third-order valence-electron chi connectivity index (χ3n) is 3.15. The Hall–Kier alpha value is -2.20. The smallest absolute Gasteiger partial charge is 0.354 e. The van der Waals surface area contributed by atoms with Gasteiger partial charge in [0.2, 0.25) is 0 Å². The molecule has 1 aromatic heterocycles. The van der Waals surface area contributed by atoms with Gasteiger partial charge in [0.1, 0.15) is 5.70 Å². The third kappa shape index (κ3) is 2.56. The molecule has 0 atom stereocenters. The van der Waals surface area contributed by atoms with Crippen molar-refractivity contribution >= 4 is 34.2 Å². The van der Waals surface area contributed by atoms with Gasteiger partial charge in [-0.2, -0.15) is 0 Å². The molecule has 20 heavy (non-hydrogen) atoms. The van der Waals surface area contributed by atoms with E-state index in [-0.39, 0.29) is 5.70 Å². The van der Waals surface area contributed by atoms with Crippen LogP contribution in [-0.4, -0.2) is 21.8 Å². The second-order valence-corrected chi connectivity index (χ2v) is 5.07. The standard InChI is InChI=1S/C15H11ClN2O2/c16-11-7-10-5-9(1-3-13(10)17-8-11)6-12-2-4-14(18-12)15(19)20/h1,3-5,7-8H,2,6H2,(H,19,20). The summed E-state index contributed by atoms with van der Waals surface area (Å²) < 4.78 is 0. The molecule has 0 bridgehead atoms. The van der Waals surface area contributed by atoms with Gasteiger partial charge < -0.3 is 5.11 Å². The average Bonchev–Trinajstić information content (AvgIpc) is 2.87. The monoisotopic (exact) mass is 286 g/mol. The number of benzene rings is 1. The van der Waals surface area contributed by atoms with E-state index in [4.69, 9.17) is 16.7 Å². The van der Waals surface area contributed by atoms with Crippen molar-refractivity contribution in [2.75, 3.05) is 0 Å². The molecular weight excluding hydrogens is 276 g/mol. The topological polar surface area (TPSA) is 62.5 Å². The number of hydrogen-bond acceptors (Lipinski definition) is 3. The fourth-order valence-electron chi connectivity index (χ4n) is 2.22. The Bertz CT molecular complexity index is 766. The molecule has 2 heterocycles. The summed E-state index contributed by atoms with van der Waals surface area (Å²) in [5.74, 6) is -0.977. The Balaban J connectivity index is 1.85. The molecule has 0 unspecified atom stereocenters. The van der Waals surface area contributed by atoms with Gasteiger partial charge in [-0.25, -0.2) is 9.79 Å². The van der Waals surface area contributed by atoms with Crippen LogP contribution in [-0.2, 0) is 11.2 Å². The van der Waals surface area contributed by atoms with Crippen molar-refractivity contribution in [3.05, 3.63) is 52.8 Å². The lowest BCUT2D eigenvalue weighted by Gasteiger charge is -2.04. The molecule has 1 N–H and O–H groups in total. The first kappa shape index (κ1) is 12.8. The summed E-state index contributed by atoms with van der Waals surface area (Å²) >= 11 is 5.94. The molecule has 0 aliphatic carbocycles. The molecule has 0 fully saturated rings. The minimum Gasteiger partial charge on any atom is -0.477 e. The highest BCUT2D eigenvalue weighted by atomic mass is 35.5. The largest absolute Gasteiger partial charge is 0.477 e. The summed E-state index contributed by atoms with van der Waals surface area (Å²) in [5, 5.41) is 10.4. The maximum atomic E-state index is 10.8. The summed E-state index contributed by atoms with van der Waals surface area (Å²) in [6, 6.07) is 7.78. The second-order valence-electron chi connectivity index (χ2n) is 4.63. The average molecular weight is 287 g/mol. The van der Waals surface area contributed by atoms with E-state index in [1.165, 1.54) is 0 Å². The molecule has 5 heteroatoms. The fourth-order valence-corrected chi connectivity index (χ4v) is 2.39. The minimum absolute atomic E-state index is 0.130. The van der Waals surface area contributed by atoms with Crippen LogP contribution < -0.4 is 0 Å². The predicted molar refractivity (Wildman–Crippen MR) is 78.2 cm³/mol. The number of allylic oxidation sites excluding steroid dienone is 1. The zero-order valence-electron chi connectivity index (χ0n) is 10.5. The third-order valence-corrected chi connectivity index (χ3v) is 3.36. The molecule has 0 spiro atoms. The number of aliphatic imine (C=N–C) groups is 1. The van der Waals surface area contributed by atoms with E-state index < -0.39 is 5.97 Å². The number of carbonyl (C=O) groups is 1. The first-order chi connectivity index (χ1) is 9.61. The molecule has 0 radical (unpaired) electrons. The Morgan fingerprint density at radius 3 is 2.95 bits per heavy atom. The van der Waals surface area contributed by atoms with Gasteiger partial charge in [0.05, 0.1) is 10.5 Å². The highest BCUT2D eigenvalue weighted by Crippen LogP contribution is 2.20. The highest BCUT2D eigenvalue weighted by Gasteiger charge is 2.14. The quantitative estimate of drug-likeness (QED) is 0.942. The molecule has 0 saturated heterocycles. The molecule has 2 aromatic rings. The second kappa shape index (κ2) is 5.06. The minimum atomic E-state index is -0.977. The SMILES string of the molecule is O=C(O)C1=CCC(Cc2ccc3ncc(Cl)cc3c2)=N1. The van der Waals surface area contributed by atoms with Crippen molar-refractivity contribution in [2.24, 2.45) is 4.99 Å². The van der Waals surface area contributed by atoms with Crippen LogP contribution in [0.1, 0.15) is 12.0 Å². The molecule has 0 saturated carbocycles. The van der Waals surface area contributed by atoms with Gasteiger partial charge in [-0.15, -0.1) is 0 Å². The van der Waals surface area contributed by atoms with Crippen LogP contribution in [0.3, 0.4) is 0 Å². The van der Waals surface area contributed by atoms with Gasteiger partial charge in [0, 0.05) is 30.1 Å². The Morgan fingerprint density at radius 1 is 1.35 bits per heavy atom. The molecule has 1 aromatic carbocycles. The van der Waals surface area contributed by atoms with E-state index in [0.717, 1.165) is 22.2 Å². The molecule has 100 valence electrons.